The third-order valence-corrected chi connectivity index (χ3v) is 1.96. The van der Waals surface area contributed by atoms with Crippen molar-refractivity contribution in [2.45, 2.75) is 31.7 Å². The molecule has 1 aliphatic rings. The van der Waals surface area contributed by atoms with E-state index in [0.29, 0.717) is 33.0 Å². The molecule has 0 aromatic carbocycles. The van der Waals surface area contributed by atoms with Gasteiger partial charge < -0.3 is 10.1 Å². The van der Waals surface area contributed by atoms with Gasteiger partial charge >= 0.3 is 5.92 Å². The van der Waals surface area contributed by atoms with Crippen LogP contribution in [0.15, 0.2) is 0 Å². The lowest BCUT2D eigenvalue weighted by molar-refractivity contribution is -0.144. The summed E-state index contributed by atoms with van der Waals surface area (Å²) in [4.78, 5) is 10.8. The Labute approximate surface area is 75.4 Å². The van der Waals surface area contributed by atoms with Crippen LogP contribution < -0.4 is 5.32 Å². The van der Waals surface area contributed by atoms with Crippen LogP contribution in [0.2, 0.25) is 0 Å². The minimum absolute atomic E-state index is 0.160. The third-order valence-electron chi connectivity index (χ3n) is 1.96. The number of alkyl halides is 2. The monoisotopic (exact) mass is 193 g/mol. The topological polar surface area (TPSA) is 38.3 Å². The molecule has 1 amide bonds. The average molecular weight is 193 g/mol. The van der Waals surface area contributed by atoms with Crippen LogP contribution >= 0.6 is 0 Å². The second-order valence-electron chi connectivity index (χ2n) is 3.25. The number of ether oxygens (including phenoxy) is 1. The number of hydrogen-bond donors (Lipinski definition) is 1. The molecule has 1 N–H and O–H groups in total. The van der Waals surface area contributed by atoms with E-state index in [-0.39, 0.29) is 6.04 Å². The quantitative estimate of drug-likeness (QED) is 0.708. The predicted molar refractivity (Wildman–Crippen MR) is 42.6 cm³/mol. The Kier molecular flexibility index (Phi) is 3.19. The fraction of sp³-hybridized carbons (Fsp3) is 0.875. The van der Waals surface area contributed by atoms with Crippen molar-refractivity contribution in [1.82, 2.24) is 5.32 Å². The van der Waals surface area contributed by atoms with Crippen molar-refractivity contribution < 1.29 is 18.3 Å². The molecule has 13 heavy (non-hydrogen) atoms. The lowest BCUT2D eigenvalue weighted by Gasteiger charge is -2.24. The van der Waals surface area contributed by atoms with Gasteiger partial charge in [0.1, 0.15) is 0 Å². The van der Waals surface area contributed by atoms with Crippen molar-refractivity contribution in [3.63, 3.8) is 0 Å². The van der Waals surface area contributed by atoms with Crippen LogP contribution in [0, 0.1) is 0 Å². The minimum atomic E-state index is -3.28. The lowest BCUT2D eigenvalue weighted by atomic mass is 10.1. The van der Waals surface area contributed by atoms with Gasteiger partial charge in [0.2, 0.25) is 0 Å². The third kappa shape index (κ3) is 3.26. The molecule has 1 heterocycles. The molecule has 0 saturated carbocycles. The summed E-state index contributed by atoms with van der Waals surface area (Å²) in [5.74, 6) is -4.47. The van der Waals surface area contributed by atoms with Crippen molar-refractivity contribution in [3.05, 3.63) is 0 Å². The minimum Gasteiger partial charge on any atom is -0.381 e. The van der Waals surface area contributed by atoms with Crippen LogP contribution in [0.5, 0.6) is 0 Å². The van der Waals surface area contributed by atoms with Crippen molar-refractivity contribution in [2.75, 3.05) is 13.2 Å². The normalized spacial score (nSPS) is 19.9. The summed E-state index contributed by atoms with van der Waals surface area (Å²) in [5.41, 5.74) is 0. The number of halogens is 2. The Morgan fingerprint density at radius 1 is 1.46 bits per heavy atom. The van der Waals surface area contributed by atoms with Gasteiger partial charge in [-0.15, -0.1) is 0 Å². The van der Waals surface area contributed by atoms with E-state index in [0.717, 1.165) is 0 Å². The zero-order valence-corrected chi connectivity index (χ0v) is 7.48. The Bertz CT molecular complexity index is 185. The highest BCUT2D eigenvalue weighted by Gasteiger charge is 2.33. The molecule has 0 radical (unpaired) electrons. The highest BCUT2D eigenvalue weighted by Crippen LogP contribution is 2.13. The average Bonchev–Trinajstić information content (AvgIpc) is 2.04. The summed E-state index contributed by atoms with van der Waals surface area (Å²) < 4.78 is 29.9. The van der Waals surface area contributed by atoms with Gasteiger partial charge in [-0.05, 0) is 12.8 Å². The number of carbonyl (C=O) groups excluding carboxylic acids is 1. The molecule has 0 aromatic heterocycles. The summed E-state index contributed by atoms with van der Waals surface area (Å²) >= 11 is 0. The number of carbonyl (C=O) groups is 1. The highest BCUT2D eigenvalue weighted by molar-refractivity contribution is 5.83. The van der Waals surface area contributed by atoms with Crippen molar-refractivity contribution in [3.8, 4) is 0 Å². The van der Waals surface area contributed by atoms with Crippen molar-refractivity contribution in [2.24, 2.45) is 0 Å². The summed E-state index contributed by atoms with van der Waals surface area (Å²) in [6, 6.07) is -0.160. The Balaban J connectivity index is 2.35. The van der Waals surface area contributed by atoms with E-state index >= 15 is 0 Å². The zero-order valence-electron chi connectivity index (χ0n) is 7.48. The van der Waals surface area contributed by atoms with Crippen molar-refractivity contribution in [1.29, 1.82) is 0 Å². The van der Waals surface area contributed by atoms with Gasteiger partial charge in [0.25, 0.3) is 5.91 Å². The number of hydrogen-bond acceptors (Lipinski definition) is 2. The first-order valence-corrected chi connectivity index (χ1v) is 4.26. The first-order chi connectivity index (χ1) is 6.00. The molecule has 1 aliphatic heterocycles. The molecule has 1 saturated heterocycles. The maximum atomic E-state index is 12.4. The van der Waals surface area contributed by atoms with Crippen LogP contribution in [0.4, 0.5) is 8.78 Å². The van der Waals surface area contributed by atoms with E-state index in [1.54, 1.807) is 0 Å². The van der Waals surface area contributed by atoms with E-state index in [2.05, 4.69) is 5.32 Å². The number of amides is 1. The van der Waals surface area contributed by atoms with Gasteiger partial charge in [0.05, 0.1) is 0 Å². The van der Waals surface area contributed by atoms with Crippen LogP contribution in [-0.2, 0) is 9.53 Å². The van der Waals surface area contributed by atoms with E-state index in [1.807, 2.05) is 0 Å². The summed E-state index contributed by atoms with van der Waals surface area (Å²) in [5, 5.41) is 2.29. The molecular weight excluding hydrogens is 180 g/mol. The van der Waals surface area contributed by atoms with Crippen molar-refractivity contribution >= 4 is 5.91 Å². The van der Waals surface area contributed by atoms with E-state index in [4.69, 9.17) is 4.74 Å². The summed E-state index contributed by atoms with van der Waals surface area (Å²) in [6.45, 7) is 1.65. The molecule has 0 bridgehead atoms. The fourth-order valence-corrected chi connectivity index (χ4v) is 1.15. The molecule has 1 rings (SSSR count). The standard InChI is InChI=1S/C8H13F2NO2/c1-8(9,10)7(12)11-6-2-4-13-5-3-6/h6H,2-5H2,1H3,(H,11,12). The second-order valence-corrected chi connectivity index (χ2v) is 3.25. The molecule has 0 aromatic rings. The molecule has 0 unspecified atom stereocenters. The van der Waals surface area contributed by atoms with Crippen LogP contribution in [-0.4, -0.2) is 31.1 Å². The SMILES string of the molecule is CC(F)(F)C(=O)NC1CCOCC1. The first kappa shape index (κ1) is 10.4. The van der Waals surface area contributed by atoms with Gasteiger partial charge in [0.15, 0.2) is 0 Å². The van der Waals surface area contributed by atoms with E-state index < -0.39 is 11.8 Å². The molecule has 0 aliphatic carbocycles. The van der Waals surface area contributed by atoms with Gasteiger partial charge in [-0.1, -0.05) is 0 Å². The molecule has 3 nitrogen and oxygen atoms in total. The summed E-state index contributed by atoms with van der Waals surface area (Å²) in [6.07, 6.45) is 1.23. The molecule has 1 fully saturated rings. The maximum Gasteiger partial charge on any atom is 0.321 e. The van der Waals surface area contributed by atoms with Gasteiger partial charge in [0, 0.05) is 26.2 Å². The number of rotatable bonds is 2. The van der Waals surface area contributed by atoms with Crippen LogP contribution in [0.3, 0.4) is 0 Å². The van der Waals surface area contributed by atoms with Gasteiger partial charge in [-0.3, -0.25) is 4.79 Å². The van der Waals surface area contributed by atoms with E-state index in [1.165, 1.54) is 0 Å². The molecule has 5 heteroatoms. The van der Waals surface area contributed by atoms with Gasteiger partial charge in [-0.25, -0.2) is 0 Å². The van der Waals surface area contributed by atoms with Gasteiger partial charge in [-0.2, -0.15) is 8.78 Å². The predicted octanol–water partition coefficient (Wildman–Crippen LogP) is 0.937. The maximum absolute atomic E-state index is 12.4. The van der Waals surface area contributed by atoms with Crippen LogP contribution in [0.1, 0.15) is 19.8 Å². The molecule has 0 atom stereocenters. The number of nitrogens with one attached hydrogen (secondary N) is 1. The Hall–Kier alpha value is -0.710. The Morgan fingerprint density at radius 3 is 2.46 bits per heavy atom. The Morgan fingerprint density at radius 2 is 2.00 bits per heavy atom. The van der Waals surface area contributed by atoms with Crippen LogP contribution in [0.25, 0.3) is 0 Å². The first-order valence-electron chi connectivity index (χ1n) is 4.26. The smallest absolute Gasteiger partial charge is 0.321 e. The highest BCUT2D eigenvalue weighted by atomic mass is 19.3. The fourth-order valence-electron chi connectivity index (χ4n) is 1.15. The summed E-state index contributed by atoms with van der Waals surface area (Å²) in [7, 11) is 0. The molecule has 0 spiro atoms. The second kappa shape index (κ2) is 4.00. The zero-order chi connectivity index (χ0) is 9.90. The molecule has 76 valence electrons. The van der Waals surface area contributed by atoms with E-state index in [9.17, 15) is 13.6 Å². The lowest BCUT2D eigenvalue weighted by Crippen LogP contribution is -2.45. The largest absolute Gasteiger partial charge is 0.381 e. The molecular formula is C8H13F2NO2.